The van der Waals surface area contributed by atoms with Gasteiger partial charge in [0.15, 0.2) is 0 Å². The van der Waals surface area contributed by atoms with Gasteiger partial charge in [0, 0.05) is 18.6 Å². The van der Waals surface area contributed by atoms with Crippen LogP contribution in [-0.2, 0) is 6.54 Å². The third-order valence-corrected chi connectivity index (χ3v) is 2.74. The molecule has 1 heterocycles. The molecule has 4 nitrogen and oxygen atoms in total. The Labute approximate surface area is 110 Å². The van der Waals surface area contributed by atoms with Gasteiger partial charge >= 0.3 is 0 Å². The largest absolute Gasteiger partial charge is 0.468 e. The van der Waals surface area contributed by atoms with Crippen LogP contribution in [0.4, 0.5) is 0 Å². The Morgan fingerprint density at radius 1 is 1.44 bits per heavy atom. The van der Waals surface area contributed by atoms with Gasteiger partial charge in [0.05, 0.1) is 18.9 Å². The summed E-state index contributed by atoms with van der Waals surface area (Å²) >= 11 is 0. The topological polar surface area (TPSA) is 48.6 Å². The zero-order chi connectivity index (χ0) is 13.6. The van der Waals surface area contributed by atoms with E-state index in [-0.39, 0.29) is 11.6 Å². The highest BCUT2D eigenvalue weighted by Crippen LogP contribution is 2.06. The molecule has 0 saturated heterocycles. The summed E-state index contributed by atoms with van der Waals surface area (Å²) in [6.07, 6.45) is 1.32. The predicted molar refractivity (Wildman–Crippen MR) is 73.4 cm³/mol. The Morgan fingerprint density at radius 3 is 2.67 bits per heavy atom. The van der Waals surface area contributed by atoms with Crippen molar-refractivity contribution in [2.75, 3.05) is 19.6 Å². The van der Waals surface area contributed by atoms with E-state index in [9.17, 15) is 5.11 Å². The molecule has 0 radical (unpaired) electrons. The molecule has 1 aromatic heterocycles. The summed E-state index contributed by atoms with van der Waals surface area (Å²) in [6.45, 7) is 11.3. The summed E-state index contributed by atoms with van der Waals surface area (Å²) in [4.78, 5) is 2.17. The fourth-order valence-corrected chi connectivity index (χ4v) is 1.71. The molecule has 1 atom stereocenters. The Bertz CT molecular complexity index is 317. The van der Waals surface area contributed by atoms with Gasteiger partial charge in [-0.1, -0.05) is 6.92 Å². The van der Waals surface area contributed by atoms with Crippen LogP contribution in [0.3, 0.4) is 0 Å². The van der Waals surface area contributed by atoms with Crippen molar-refractivity contribution in [1.29, 1.82) is 0 Å². The lowest BCUT2D eigenvalue weighted by Crippen LogP contribution is -2.44. The molecule has 0 bridgehead atoms. The zero-order valence-corrected chi connectivity index (χ0v) is 11.9. The van der Waals surface area contributed by atoms with Crippen molar-refractivity contribution in [3.63, 3.8) is 0 Å². The van der Waals surface area contributed by atoms with E-state index in [1.807, 2.05) is 12.1 Å². The van der Waals surface area contributed by atoms with E-state index in [0.29, 0.717) is 13.1 Å². The lowest BCUT2D eigenvalue weighted by molar-refractivity contribution is 0.101. The van der Waals surface area contributed by atoms with Crippen molar-refractivity contribution in [1.82, 2.24) is 10.2 Å². The van der Waals surface area contributed by atoms with Gasteiger partial charge in [-0.3, -0.25) is 4.90 Å². The number of nitrogens with one attached hydrogen (secondary N) is 1. The van der Waals surface area contributed by atoms with Gasteiger partial charge in [-0.2, -0.15) is 0 Å². The van der Waals surface area contributed by atoms with Crippen LogP contribution in [0.15, 0.2) is 22.8 Å². The van der Waals surface area contributed by atoms with Crippen molar-refractivity contribution in [3.05, 3.63) is 24.2 Å². The number of furan rings is 1. The van der Waals surface area contributed by atoms with Crippen LogP contribution >= 0.6 is 0 Å². The molecule has 0 saturated carbocycles. The minimum atomic E-state index is -0.362. The molecular weight excluding hydrogens is 228 g/mol. The van der Waals surface area contributed by atoms with Crippen LogP contribution in [0.2, 0.25) is 0 Å². The van der Waals surface area contributed by atoms with E-state index >= 15 is 0 Å². The fraction of sp³-hybridized carbons (Fsp3) is 0.714. The maximum absolute atomic E-state index is 10.0. The van der Waals surface area contributed by atoms with Gasteiger partial charge in [-0.05, 0) is 39.4 Å². The van der Waals surface area contributed by atoms with Gasteiger partial charge in [0.2, 0.25) is 0 Å². The van der Waals surface area contributed by atoms with Crippen LogP contribution in [0.5, 0.6) is 0 Å². The van der Waals surface area contributed by atoms with E-state index in [2.05, 4.69) is 37.9 Å². The Hall–Kier alpha value is -0.840. The quantitative estimate of drug-likeness (QED) is 0.779. The first kappa shape index (κ1) is 15.2. The van der Waals surface area contributed by atoms with Crippen LogP contribution in [0.25, 0.3) is 0 Å². The lowest BCUT2D eigenvalue weighted by Gasteiger charge is -2.26. The number of hydrogen-bond acceptors (Lipinski definition) is 4. The summed E-state index contributed by atoms with van der Waals surface area (Å²) in [6, 6.07) is 3.85. The third kappa shape index (κ3) is 6.19. The van der Waals surface area contributed by atoms with Gasteiger partial charge < -0.3 is 14.8 Å². The minimum Gasteiger partial charge on any atom is -0.468 e. The zero-order valence-electron chi connectivity index (χ0n) is 11.9. The highest BCUT2D eigenvalue weighted by molar-refractivity contribution is 4.97. The average Bonchev–Trinajstić information content (AvgIpc) is 2.77. The summed E-state index contributed by atoms with van der Waals surface area (Å²) in [5, 5.41) is 13.3. The molecule has 4 heteroatoms. The van der Waals surface area contributed by atoms with Gasteiger partial charge in [0.1, 0.15) is 5.76 Å². The summed E-state index contributed by atoms with van der Waals surface area (Å²) < 4.78 is 5.32. The second-order valence-electron chi connectivity index (χ2n) is 5.69. The fourth-order valence-electron chi connectivity index (χ4n) is 1.71. The van der Waals surface area contributed by atoms with Crippen molar-refractivity contribution in [3.8, 4) is 0 Å². The number of aliphatic hydroxyl groups excluding tert-OH is 1. The highest BCUT2D eigenvalue weighted by Gasteiger charge is 2.15. The molecule has 0 fully saturated rings. The Kier molecular flexibility index (Phi) is 5.85. The van der Waals surface area contributed by atoms with Crippen LogP contribution < -0.4 is 5.32 Å². The normalized spacial score (nSPS) is 14.1. The summed E-state index contributed by atoms with van der Waals surface area (Å²) in [5.74, 6) is 0.938. The number of nitrogens with zero attached hydrogens (tertiary/aromatic N) is 1. The van der Waals surface area contributed by atoms with E-state index in [1.54, 1.807) is 6.26 Å². The molecule has 0 aliphatic heterocycles. The summed E-state index contributed by atoms with van der Waals surface area (Å²) in [5.41, 5.74) is 0.0407. The predicted octanol–water partition coefficient (Wildman–Crippen LogP) is 1.85. The molecule has 104 valence electrons. The standard InChI is InChI=1S/C14H26N2O2/c1-5-16(11-13-7-6-8-18-13)10-12(17)9-15-14(2,3)4/h6-8,12,15,17H,5,9-11H2,1-4H3. The molecule has 0 aliphatic carbocycles. The molecule has 1 rings (SSSR count). The van der Waals surface area contributed by atoms with Crippen molar-refractivity contribution in [2.24, 2.45) is 0 Å². The van der Waals surface area contributed by atoms with Gasteiger partial charge in [-0.25, -0.2) is 0 Å². The molecule has 0 spiro atoms. The van der Waals surface area contributed by atoms with Crippen molar-refractivity contribution >= 4 is 0 Å². The van der Waals surface area contributed by atoms with Gasteiger partial charge in [-0.15, -0.1) is 0 Å². The number of β-amino-alcohol motifs (C(OH)–C–C–N with tert-alkyl or cyclic N) is 1. The van der Waals surface area contributed by atoms with Crippen LogP contribution in [0.1, 0.15) is 33.5 Å². The minimum absolute atomic E-state index is 0.0407. The van der Waals surface area contributed by atoms with Crippen LogP contribution in [0, 0.1) is 0 Å². The van der Waals surface area contributed by atoms with Crippen molar-refractivity contribution < 1.29 is 9.52 Å². The molecule has 0 aliphatic rings. The maximum atomic E-state index is 10.0. The third-order valence-electron chi connectivity index (χ3n) is 2.74. The second-order valence-corrected chi connectivity index (χ2v) is 5.69. The smallest absolute Gasteiger partial charge is 0.117 e. The maximum Gasteiger partial charge on any atom is 0.117 e. The van der Waals surface area contributed by atoms with Crippen molar-refractivity contribution in [2.45, 2.75) is 45.9 Å². The molecule has 2 N–H and O–H groups in total. The number of aliphatic hydroxyl groups is 1. The first-order valence-electron chi connectivity index (χ1n) is 6.58. The average molecular weight is 254 g/mol. The first-order chi connectivity index (χ1) is 8.40. The SMILES string of the molecule is CCN(Cc1ccco1)CC(O)CNC(C)(C)C. The number of likely N-dealkylation sites (N-methyl/N-ethyl adjacent to an activating group) is 1. The van der Waals surface area contributed by atoms with E-state index in [4.69, 9.17) is 4.42 Å². The Morgan fingerprint density at radius 2 is 2.17 bits per heavy atom. The first-order valence-corrected chi connectivity index (χ1v) is 6.58. The van der Waals surface area contributed by atoms with Gasteiger partial charge in [0.25, 0.3) is 0 Å². The lowest BCUT2D eigenvalue weighted by atomic mass is 10.1. The Balaban J connectivity index is 2.33. The summed E-state index contributed by atoms with van der Waals surface area (Å²) in [7, 11) is 0. The highest BCUT2D eigenvalue weighted by atomic mass is 16.3. The monoisotopic (exact) mass is 254 g/mol. The van der Waals surface area contributed by atoms with Crippen LogP contribution in [-0.4, -0.2) is 41.3 Å². The molecule has 18 heavy (non-hydrogen) atoms. The molecule has 1 unspecified atom stereocenters. The molecule has 1 aromatic rings. The number of hydrogen-bond donors (Lipinski definition) is 2. The van der Waals surface area contributed by atoms with E-state index in [1.165, 1.54) is 0 Å². The molecule has 0 aromatic carbocycles. The molecular formula is C14H26N2O2. The van der Waals surface area contributed by atoms with E-state index < -0.39 is 0 Å². The number of rotatable bonds is 7. The molecule has 0 amide bonds. The van der Waals surface area contributed by atoms with E-state index in [0.717, 1.165) is 18.8 Å². The second kappa shape index (κ2) is 6.92.